The zero-order chi connectivity index (χ0) is 26.3. The van der Waals surface area contributed by atoms with Crippen LogP contribution >= 0.6 is 22.9 Å². The molecule has 0 radical (unpaired) electrons. The van der Waals surface area contributed by atoms with Gasteiger partial charge in [-0.25, -0.2) is 23.4 Å². The summed E-state index contributed by atoms with van der Waals surface area (Å²) in [4.78, 5) is 30.3. The molecule has 0 aliphatic rings. The smallest absolute Gasteiger partial charge is 0.284 e. The van der Waals surface area contributed by atoms with Gasteiger partial charge in [0.1, 0.15) is 22.1 Å². The highest BCUT2D eigenvalue weighted by Gasteiger charge is 2.24. The summed E-state index contributed by atoms with van der Waals surface area (Å²) in [5, 5.41) is 10.2. The number of rotatable bonds is 6. The normalized spacial score (nSPS) is 11.3. The number of carbonyl (C=O) groups is 1. The molecule has 0 aliphatic heterocycles. The van der Waals surface area contributed by atoms with Gasteiger partial charge in [0.25, 0.3) is 12.3 Å². The van der Waals surface area contributed by atoms with E-state index in [9.17, 15) is 13.6 Å². The van der Waals surface area contributed by atoms with E-state index in [1.165, 1.54) is 31.2 Å². The lowest BCUT2D eigenvalue weighted by atomic mass is 10.0. The number of alkyl halides is 2. The third-order valence-electron chi connectivity index (χ3n) is 5.42. The van der Waals surface area contributed by atoms with Crippen molar-refractivity contribution >= 4 is 44.2 Å². The fraction of sp³-hybridized carbons (Fsp3) is 0.174. The number of amides is 1. The van der Waals surface area contributed by atoms with Crippen molar-refractivity contribution in [1.82, 2.24) is 34.9 Å². The Balaban J connectivity index is 1.51. The summed E-state index contributed by atoms with van der Waals surface area (Å²) >= 11 is 7.57. The van der Waals surface area contributed by atoms with Crippen molar-refractivity contribution in [2.24, 2.45) is 7.05 Å². The average molecular weight is 543 g/mol. The molecule has 0 aromatic carbocycles. The molecular formula is C23H17ClF2N8O2S. The molecule has 0 aliphatic carbocycles. The maximum atomic E-state index is 13.4. The molecule has 0 unspecified atom stereocenters. The van der Waals surface area contributed by atoms with Gasteiger partial charge in [-0.2, -0.15) is 0 Å². The Labute approximate surface area is 217 Å². The van der Waals surface area contributed by atoms with Gasteiger partial charge in [0.15, 0.2) is 10.8 Å². The second kappa shape index (κ2) is 9.75. The van der Waals surface area contributed by atoms with Crippen molar-refractivity contribution < 1.29 is 18.3 Å². The van der Waals surface area contributed by atoms with Crippen LogP contribution < -0.4 is 10.1 Å². The molecule has 5 rings (SSSR count). The number of anilines is 1. The standard InChI is InChI=1S/C23H17ClF2N8O2S/c1-10-6-12(11-4-5-27-9-15(11)36-3)17(20(24)29-10)22(35)31-23-30-14-8-28-13(7-16(14)37-23)19-18(21(25)26)32-33-34(19)2/h4-9,21H,1-3H3,(H,30,31,35). The van der Waals surface area contributed by atoms with Crippen molar-refractivity contribution in [1.29, 1.82) is 0 Å². The number of nitrogens with zero attached hydrogens (tertiary/aromatic N) is 7. The Bertz CT molecular complexity index is 1660. The van der Waals surface area contributed by atoms with Gasteiger partial charge in [-0.05, 0) is 25.1 Å². The van der Waals surface area contributed by atoms with Gasteiger partial charge in [-0.3, -0.25) is 20.1 Å². The number of hydrogen-bond donors (Lipinski definition) is 1. The molecule has 5 heterocycles. The number of hydrogen-bond acceptors (Lipinski definition) is 9. The summed E-state index contributed by atoms with van der Waals surface area (Å²) in [7, 11) is 3.01. The number of pyridine rings is 3. The van der Waals surface area contributed by atoms with Gasteiger partial charge in [-0.15, -0.1) is 5.10 Å². The minimum Gasteiger partial charge on any atom is -0.494 e. The number of thiazole rings is 1. The number of methoxy groups -OCH3 is 1. The van der Waals surface area contributed by atoms with Crippen LogP contribution in [0.5, 0.6) is 5.75 Å². The largest absolute Gasteiger partial charge is 0.494 e. The Kier molecular flexibility index (Phi) is 6.48. The van der Waals surface area contributed by atoms with Crippen LogP contribution in [0.25, 0.3) is 32.7 Å². The third-order valence-corrected chi connectivity index (χ3v) is 6.63. The van der Waals surface area contributed by atoms with E-state index in [1.54, 1.807) is 31.3 Å². The lowest BCUT2D eigenvalue weighted by molar-refractivity contribution is 0.102. The summed E-state index contributed by atoms with van der Waals surface area (Å²) in [6.07, 6.45) is 1.75. The quantitative estimate of drug-likeness (QED) is 0.294. The van der Waals surface area contributed by atoms with Crippen LogP contribution in [0.15, 0.2) is 36.8 Å². The van der Waals surface area contributed by atoms with Gasteiger partial charge in [0.2, 0.25) is 0 Å². The highest BCUT2D eigenvalue weighted by atomic mass is 35.5. The highest BCUT2D eigenvalue weighted by molar-refractivity contribution is 7.22. The van der Waals surface area contributed by atoms with E-state index < -0.39 is 18.0 Å². The lowest BCUT2D eigenvalue weighted by Crippen LogP contribution is -2.15. The predicted octanol–water partition coefficient (Wildman–Crippen LogP) is 5.10. The molecule has 14 heteroatoms. The molecule has 5 aromatic heterocycles. The van der Waals surface area contributed by atoms with Crippen LogP contribution in [-0.4, -0.2) is 47.9 Å². The fourth-order valence-corrected chi connectivity index (χ4v) is 5.01. The van der Waals surface area contributed by atoms with E-state index in [1.807, 2.05) is 0 Å². The second-order valence-corrected chi connectivity index (χ2v) is 9.20. The van der Waals surface area contributed by atoms with Crippen molar-refractivity contribution in [3.05, 3.63) is 58.9 Å². The number of halogens is 3. The first-order valence-electron chi connectivity index (χ1n) is 10.7. The van der Waals surface area contributed by atoms with Gasteiger partial charge in [0.05, 0.1) is 35.5 Å². The maximum Gasteiger partial charge on any atom is 0.284 e. The first-order chi connectivity index (χ1) is 17.8. The van der Waals surface area contributed by atoms with Crippen LogP contribution in [0.3, 0.4) is 0 Å². The Morgan fingerprint density at radius 1 is 1.22 bits per heavy atom. The van der Waals surface area contributed by atoms with E-state index in [2.05, 4.69) is 35.6 Å². The SMILES string of the molecule is COc1cnccc1-c1cc(C)nc(Cl)c1C(=O)Nc1nc2cnc(-c3c(C(F)F)nnn3C)cc2s1. The van der Waals surface area contributed by atoms with E-state index in [0.717, 1.165) is 11.3 Å². The number of ether oxygens (including phenoxy) is 1. The molecule has 1 amide bonds. The maximum absolute atomic E-state index is 13.4. The molecule has 188 valence electrons. The number of nitrogens with one attached hydrogen (secondary N) is 1. The van der Waals surface area contributed by atoms with E-state index in [0.29, 0.717) is 32.8 Å². The van der Waals surface area contributed by atoms with Gasteiger partial charge in [0, 0.05) is 30.1 Å². The number of carbonyl (C=O) groups excluding carboxylic acids is 1. The monoisotopic (exact) mass is 542 g/mol. The van der Waals surface area contributed by atoms with Gasteiger partial charge >= 0.3 is 0 Å². The molecular weight excluding hydrogens is 526 g/mol. The zero-order valence-electron chi connectivity index (χ0n) is 19.5. The summed E-state index contributed by atoms with van der Waals surface area (Å²) in [6, 6.07) is 5.04. The summed E-state index contributed by atoms with van der Waals surface area (Å²) in [5.74, 6) is -0.0703. The van der Waals surface area contributed by atoms with Crippen LogP contribution in [0.2, 0.25) is 5.15 Å². The topological polar surface area (TPSA) is 121 Å². The molecule has 0 saturated heterocycles. The van der Waals surface area contributed by atoms with E-state index in [-0.39, 0.29) is 27.2 Å². The summed E-state index contributed by atoms with van der Waals surface area (Å²) in [5.41, 5.74) is 2.25. The minimum atomic E-state index is -2.81. The second-order valence-electron chi connectivity index (χ2n) is 7.81. The van der Waals surface area contributed by atoms with Crippen molar-refractivity contribution in [2.75, 3.05) is 12.4 Å². The predicted molar refractivity (Wildman–Crippen MR) is 134 cm³/mol. The molecule has 0 saturated carbocycles. The molecule has 0 fully saturated rings. The molecule has 0 atom stereocenters. The van der Waals surface area contributed by atoms with Crippen LogP contribution in [-0.2, 0) is 7.05 Å². The Morgan fingerprint density at radius 3 is 2.78 bits per heavy atom. The lowest BCUT2D eigenvalue weighted by Gasteiger charge is -2.14. The van der Waals surface area contributed by atoms with E-state index >= 15 is 0 Å². The van der Waals surface area contributed by atoms with Crippen LogP contribution in [0, 0.1) is 6.92 Å². The first kappa shape index (κ1) is 24.6. The Morgan fingerprint density at radius 2 is 2.03 bits per heavy atom. The molecule has 1 N–H and O–H groups in total. The van der Waals surface area contributed by atoms with Crippen molar-refractivity contribution in [3.63, 3.8) is 0 Å². The van der Waals surface area contributed by atoms with Crippen LogP contribution in [0.1, 0.15) is 28.2 Å². The van der Waals surface area contributed by atoms with Gasteiger partial charge in [-0.1, -0.05) is 28.2 Å². The van der Waals surface area contributed by atoms with Crippen molar-refractivity contribution in [3.8, 4) is 28.3 Å². The molecule has 0 spiro atoms. The number of aryl methyl sites for hydroxylation is 2. The summed E-state index contributed by atoms with van der Waals surface area (Å²) in [6.45, 7) is 1.76. The molecule has 0 bridgehead atoms. The number of fused-ring (bicyclic) bond motifs is 1. The Hall–Kier alpha value is -4.10. The van der Waals surface area contributed by atoms with Gasteiger partial charge < -0.3 is 4.74 Å². The fourth-order valence-electron chi connectivity index (χ4n) is 3.82. The summed E-state index contributed by atoms with van der Waals surface area (Å²) < 4.78 is 34.0. The average Bonchev–Trinajstić information content (AvgIpc) is 3.45. The molecule has 37 heavy (non-hydrogen) atoms. The van der Waals surface area contributed by atoms with Crippen molar-refractivity contribution in [2.45, 2.75) is 13.3 Å². The zero-order valence-corrected chi connectivity index (χ0v) is 21.1. The van der Waals surface area contributed by atoms with E-state index in [4.69, 9.17) is 16.3 Å². The third kappa shape index (κ3) is 4.58. The molecule has 10 nitrogen and oxygen atoms in total. The highest BCUT2D eigenvalue weighted by Crippen LogP contribution is 2.36. The number of aromatic nitrogens is 7. The van der Waals surface area contributed by atoms with Crippen LogP contribution in [0.4, 0.5) is 13.9 Å². The minimum absolute atomic E-state index is 0.0136. The molecule has 5 aromatic rings. The first-order valence-corrected chi connectivity index (χ1v) is 11.9.